The number of aliphatic hydroxyl groups is 1. The lowest BCUT2D eigenvalue weighted by Gasteiger charge is -2.49. The van der Waals surface area contributed by atoms with E-state index in [1.807, 2.05) is 13.8 Å². The van der Waals surface area contributed by atoms with Gasteiger partial charge in [0.1, 0.15) is 0 Å². The van der Waals surface area contributed by atoms with E-state index >= 15 is 0 Å². The molecule has 0 saturated carbocycles. The van der Waals surface area contributed by atoms with Gasteiger partial charge in [0.05, 0.1) is 52.9 Å². The number of methoxy groups -OCH3 is 3. The predicted molar refractivity (Wildman–Crippen MR) is 204 cm³/mol. The maximum atomic E-state index is 10.4. The van der Waals surface area contributed by atoms with E-state index < -0.39 is 16.8 Å². The highest BCUT2D eigenvalue weighted by Crippen LogP contribution is 2.49. The molecule has 0 bridgehead atoms. The van der Waals surface area contributed by atoms with Crippen LogP contribution < -0.4 is 0 Å². The van der Waals surface area contributed by atoms with Crippen molar-refractivity contribution in [1.82, 2.24) is 0 Å². The first-order chi connectivity index (χ1) is 22.6. The standard InChI is InChI=1S/C41H84O8/c1-17-34(43-14)21-25-47-37(8,9)30-41(29-33(5)46-27-23-36(6,7)42,31-38(10,11)48-26-22-35(18-2)44-15)32-40(13,20-4)49-28-24-39(12,19-3)45-16/h33-35,42H,17-32H2,1-16H3. The Labute approximate surface area is 304 Å². The van der Waals surface area contributed by atoms with Gasteiger partial charge in [-0.1, -0.05) is 27.7 Å². The highest BCUT2D eigenvalue weighted by atomic mass is 16.5. The molecule has 5 atom stereocenters. The van der Waals surface area contributed by atoms with Crippen molar-refractivity contribution in [2.75, 3.05) is 47.8 Å². The Kier molecular flexibility index (Phi) is 22.5. The smallest absolute Gasteiger partial charge is 0.0670 e. The summed E-state index contributed by atoms with van der Waals surface area (Å²) in [5.74, 6) is 0. The lowest BCUT2D eigenvalue weighted by Crippen LogP contribution is -2.47. The molecule has 0 saturated heterocycles. The Morgan fingerprint density at radius 2 is 1.04 bits per heavy atom. The average molecular weight is 705 g/mol. The summed E-state index contributed by atoms with van der Waals surface area (Å²) in [7, 11) is 5.35. The Bertz CT molecular complexity index is 794. The monoisotopic (exact) mass is 705 g/mol. The zero-order valence-electron chi connectivity index (χ0n) is 35.4. The summed E-state index contributed by atoms with van der Waals surface area (Å²) in [5, 5.41) is 10.4. The van der Waals surface area contributed by atoms with Gasteiger partial charge in [-0.05, 0) is 145 Å². The van der Waals surface area contributed by atoms with E-state index in [0.29, 0.717) is 32.8 Å². The molecule has 0 heterocycles. The zero-order valence-corrected chi connectivity index (χ0v) is 35.4. The van der Waals surface area contributed by atoms with Gasteiger partial charge in [-0.3, -0.25) is 0 Å². The maximum Gasteiger partial charge on any atom is 0.0670 e. The second kappa shape index (κ2) is 22.7. The molecule has 0 aromatic rings. The SMILES string of the molecule is CCC(CCOC(C)(C)CC(CC(C)OCCC(C)(C)O)(CC(C)(C)OCCC(CC)OC)CC(C)(CC)OCCC(C)(CC)OC)OC. The number of hydrogen-bond acceptors (Lipinski definition) is 8. The molecular weight excluding hydrogens is 620 g/mol. The van der Waals surface area contributed by atoms with Crippen LogP contribution in [-0.4, -0.2) is 99.2 Å². The lowest BCUT2D eigenvalue weighted by molar-refractivity contribution is -0.143. The Hall–Kier alpha value is -0.320. The fourth-order valence-electron chi connectivity index (χ4n) is 7.41. The Morgan fingerprint density at radius 1 is 0.571 bits per heavy atom. The topological polar surface area (TPSA) is 84.8 Å². The molecule has 0 aliphatic heterocycles. The van der Waals surface area contributed by atoms with Gasteiger partial charge in [-0.2, -0.15) is 0 Å². The molecule has 8 heteroatoms. The van der Waals surface area contributed by atoms with Crippen molar-refractivity contribution in [3.8, 4) is 0 Å². The van der Waals surface area contributed by atoms with Crippen molar-refractivity contribution >= 4 is 0 Å². The zero-order chi connectivity index (χ0) is 38.0. The summed E-state index contributed by atoms with van der Waals surface area (Å²) >= 11 is 0. The van der Waals surface area contributed by atoms with Gasteiger partial charge >= 0.3 is 0 Å². The molecule has 5 unspecified atom stereocenters. The molecule has 0 spiro atoms. The number of ether oxygens (including phenoxy) is 7. The molecule has 0 aromatic heterocycles. The summed E-state index contributed by atoms with van der Waals surface area (Å²) in [4.78, 5) is 0. The minimum atomic E-state index is -0.774. The van der Waals surface area contributed by atoms with E-state index in [-0.39, 0.29) is 34.9 Å². The molecule has 0 aliphatic carbocycles. The van der Waals surface area contributed by atoms with Gasteiger partial charge < -0.3 is 38.3 Å². The van der Waals surface area contributed by atoms with Crippen LogP contribution in [0.25, 0.3) is 0 Å². The van der Waals surface area contributed by atoms with Gasteiger partial charge in [-0.25, -0.2) is 0 Å². The van der Waals surface area contributed by atoms with Crippen molar-refractivity contribution in [1.29, 1.82) is 0 Å². The van der Waals surface area contributed by atoms with Crippen LogP contribution in [0.15, 0.2) is 0 Å². The first-order valence-corrected chi connectivity index (χ1v) is 19.5. The third kappa shape index (κ3) is 21.1. The Morgan fingerprint density at radius 3 is 1.41 bits per heavy atom. The van der Waals surface area contributed by atoms with Crippen molar-refractivity contribution in [2.24, 2.45) is 5.41 Å². The van der Waals surface area contributed by atoms with Crippen LogP contribution in [0, 0.1) is 5.41 Å². The average Bonchev–Trinajstić information content (AvgIpc) is 2.99. The quantitative estimate of drug-likeness (QED) is 0.0764. The molecule has 49 heavy (non-hydrogen) atoms. The van der Waals surface area contributed by atoms with E-state index in [4.69, 9.17) is 33.2 Å². The van der Waals surface area contributed by atoms with E-state index in [0.717, 1.165) is 70.6 Å². The van der Waals surface area contributed by atoms with Crippen LogP contribution >= 0.6 is 0 Å². The summed E-state index contributed by atoms with van der Waals surface area (Å²) in [6.07, 6.45) is 10.5. The Balaban J connectivity index is 6.70. The summed E-state index contributed by atoms with van der Waals surface area (Å²) in [5.41, 5.74) is -2.44. The minimum Gasteiger partial charge on any atom is -0.390 e. The molecule has 0 radical (unpaired) electrons. The summed E-state index contributed by atoms with van der Waals surface area (Å²) in [6, 6.07) is 0. The fraction of sp³-hybridized carbons (Fsp3) is 1.00. The molecule has 0 aliphatic rings. The molecule has 0 aromatic carbocycles. The second-order valence-corrected chi connectivity index (χ2v) is 17.2. The first kappa shape index (κ1) is 48.7. The van der Waals surface area contributed by atoms with Crippen LogP contribution in [-0.2, 0) is 33.2 Å². The van der Waals surface area contributed by atoms with E-state index in [9.17, 15) is 5.11 Å². The second-order valence-electron chi connectivity index (χ2n) is 17.2. The molecular formula is C41H84O8. The van der Waals surface area contributed by atoms with Gasteiger partial charge in [0.2, 0.25) is 0 Å². The number of rotatable bonds is 31. The molecule has 0 amide bonds. The molecule has 8 nitrogen and oxygen atoms in total. The molecule has 0 rings (SSSR count). The van der Waals surface area contributed by atoms with Gasteiger partial charge in [0, 0.05) is 41.2 Å². The van der Waals surface area contributed by atoms with E-state index in [2.05, 4.69) is 76.2 Å². The van der Waals surface area contributed by atoms with Crippen LogP contribution in [0.2, 0.25) is 0 Å². The third-order valence-corrected chi connectivity index (χ3v) is 10.7. The van der Waals surface area contributed by atoms with E-state index in [1.54, 1.807) is 21.3 Å². The van der Waals surface area contributed by atoms with E-state index in [1.165, 1.54) is 0 Å². The van der Waals surface area contributed by atoms with Crippen LogP contribution in [0.4, 0.5) is 0 Å². The maximum absolute atomic E-state index is 10.4. The van der Waals surface area contributed by atoms with Crippen molar-refractivity contribution in [2.45, 2.75) is 213 Å². The normalized spacial score (nSPS) is 18.8. The number of hydrogen-bond donors (Lipinski definition) is 1. The highest BCUT2D eigenvalue weighted by Gasteiger charge is 2.47. The van der Waals surface area contributed by atoms with Gasteiger partial charge in [-0.15, -0.1) is 0 Å². The van der Waals surface area contributed by atoms with Crippen molar-refractivity contribution < 1.29 is 38.3 Å². The predicted octanol–water partition coefficient (Wildman–Crippen LogP) is 9.71. The fourth-order valence-corrected chi connectivity index (χ4v) is 7.41. The summed E-state index contributed by atoms with van der Waals surface area (Å²) < 4.78 is 44.0. The van der Waals surface area contributed by atoms with Crippen molar-refractivity contribution in [3.63, 3.8) is 0 Å². The van der Waals surface area contributed by atoms with Crippen LogP contribution in [0.5, 0.6) is 0 Å². The van der Waals surface area contributed by atoms with Crippen molar-refractivity contribution in [3.05, 3.63) is 0 Å². The summed E-state index contributed by atoms with van der Waals surface area (Å²) in [6.45, 7) is 30.3. The van der Waals surface area contributed by atoms with Gasteiger partial charge in [0.15, 0.2) is 0 Å². The van der Waals surface area contributed by atoms with Crippen LogP contribution in [0.1, 0.15) is 167 Å². The largest absolute Gasteiger partial charge is 0.390 e. The van der Waals surface area contributed by atoms with Gasteiger partial charge in [0.25, 0.3) is 0 Å². The molecule has 0 fully saturated rings. The lowest BCUT2D eigenvalue weighted by atomic mass is 9.63. The third-order valence-electron chi connectivity index (χ3n) is 10.7. The molecule has 1 N–H and O–H groups in total. The first-order valence-electron chi connectivity index (χ1n) is 19.5. The van der Waals surface area contributed by atoms with Crippen LogP contribution in [0.3, 0.4) is 0 Å². The highest BCUT2D eigenvalue weighted by molar-refractivity contribution is 4.98. The molecule has 296 valence electrons. The minimum absolute atomic E-state index is 0.0390.